The van der Waals surface area contributed by atoms with Gasteiger partial charge in [-0.25, -0.2) is 0 Å². The molecule has 0 aromatic heterocycles. The third-order valence-corrected chi connectivity index (χ3v) is 3.21. The summed E-state index contributed by atoms with van der Waals surface area (Å²) in [7, 11) is 1.69. The van der Waals surface area contributed by atoms with Crippen molar-refractivity contribution in [1.29, 1.82) is 0 Å². The van der Waals surface area contributed by atoms with Crippen LogP contribution in [0.3, 0.4) is 0 Å². The maximum atomic E-state index is 12.3. The fourth-order valence-corrected chi connectivity index (χ4v) is 1.67. The van der Waals surface area contributed by atoms with Crippen LogP contribution in [-0.4, -0.2) is 35.5 Å². The number of nitrogens with two attached hydrogens (primary N) is 1. The second-order valence-electron chi connectivity index (χ2n) is 4.37. The first-order valence-corrected chi connectivity index (χ1v) is 6.67. The van der Waals surface area contributed by atoms with Crippen LogP contribution in [0.2, 0.25) is 0 Å². The lowest BCUT2D eigenvalue weighted by molar-refractivity contribution is 0.0778. The van der Waals surface area contributed by atoms with Gasteiger partial charge in [-0.3, -0.25) is 4.79 Å². The number of benzene rings is 1. The van der Waals surface area contributed by atoms with Crippen LogP contribution in [0.15, 0.2) is 24.3 Å². The molecular weight excluding hydrogens is 260 g/mol. The Balaban J connectivity index is 2.84. The molecule has 5 heteroatoms. The lowest BCUT2D eigenvalue weighted by Crippen LogP contribution is -2.42. The zero-order chi connectivity index (χ0) is 14.4. The van der Waals surface area contributed by atoms with Crippen molar-refractivity contribution in [2.75, 3.05) is 13.7 Å². The number of carbonyl (C=O) groups excluding carboxylic acids is 1. The van der Waals surface area contributed by atoms with E-state index in [2.05, 4.69) is 0 Å². The van der Waals surface area contributed by atoms with Crippen molar-refractivity contribution in [1.82, 2.24) is 4.90 Å². The van der Waals surface area contributed by atoms with Crippen molar-refractivity contribution in [3.8, 4) is 5.75 Å². The first kappa shape index (κ1) is 15.4. The Morgan fingerprint density at radius 3 is 2.79 bits per heavy atom. The van der Waals surface area contributed by atoms with Crippen LogP contribution in [0.5, 0.6) is 5.75 Å². The number of likely N-dealkylation sites (N-methyl/N-ethyl adjacent to an activating group) is 1. The van der Waals surface area contributed by atoms with Crippen LogP contribution in [0.4, 0.5) is 0 Å². The SMILES string of the molecule is CCCOc1cccc(C(=O)N(C)C(C)C(N)=S)c1. The molecule has 0 heterocycles. The molecule has 4 nitrogen and oxygen atoms in total. The average Bonchev–Trinajstić information content (AvgIpc) is 2.42. The van der Waals surface area contributed by atoms with Crippen molar-refractivity contribution >= 4 is 23.1 Å². The minimum absolute atomic E-state index is 0.123. The number of hydrogen-bond acceptors (Lipinski definition) is 3. The van der Waals surface area contributed by atoms with Crippen LogP contribution < -0.4 is 10.5 Å². The van der Waals surface area contributed by atoms with E-state index in [1.165, 1.54) is 4.90 Å². The number of ether oxygens (including phenoxy) is 1. The molecule has 0 fully saturated rings. The average molecular weight is 280 g/mol. The van der Waals surface area contributed by atoms with Gasteiger partial charge in [0.25, 0.3) is 5.91 Å². The Morgan fingerprint density at radius 2 is 2.21 bits per heavy atom. The Morgan fingerprint density at radius 1 is 1.53 bits per heavy atom. The molecule has 0 aliphatic carbocycles. The van der Waals surface area contributed by atoms with Crippen LogP contribution in [0, 0.1) is 0 Å². The van der Waals surface area contributed by atoms with Gasteiger partial charge < -0.3 is 15.4 Å². The highest BCUT2D eigenvalue weighted by molar-refractivity contribution is 7.80. The van der Waals surface area contributed by atoms with Gasteiger partial charge in [-0.05, 0) is 31.5 Å². The minimum atomic E-state index is -0.275. The first-order chi connectivity index (χ1) is 8.97. The first-order valence-electron chi connectivity index (χ1n) is 6.26. The number of carbonyl (C=O) groups is 1. The fraction of sp³-hybridized carbons (Fsp3) is 0.429. The van der Waals surface area contributed by atoms with Gasteiger partial charge in [0, 0.05) is 12.6 Å². The Labute approximate surface area is 119 Å². The summed E-state index contributed by atoms with van der Waals surface area (Å²) in [6.45, 7) is 4.47. The zero-order valence-corrected chi connectivity index (χ0v) is 12.4. The van der Waals surface area contributed by atoms with Crippen LogP contribution in [0.1, 0.15) is 30.6 Å². The van der Waals surface area contributed by atoms with E-state index in [-0.39, 0.29) is 11.9 Å². The fourth-order valence-electron chi connectivity index (χ4n) is 1.51. The van der Waals surface area contributed by atoms with E-state index in [1.54, 1.807) is 32.2 Å². The van der Waals surface area contributed by atoms with Crippen molar-refractivity contribution in [2.45, 2.75) is 26.3 Å². The van der Waals surface area contributed by atoms with Crippen molar-refractivity contribution < 1.29 is 9.53 Å². The van der Waals surface area contributed by atoms with Gasteiger partial charge in [0.05, 0.1) is 17.6 Å². The second-order valence-corrected chi connectivity index (χ2v) is 4.84. The van der Waals surface area contributed by atoms with Gasteiger partial charge in [0.2, 0.25) is 0 Å². The van der Waals surface area contributed by atoms with Gasteiger partial charge >= 0.3 is 0 Å². The summed E-state index contributed by atoms with van der Waals surface area (Å²) in [6.07, 6.45) is 0.927. The van der Waals surface area contributed by atoms with Gasteiger partial charge in [0.1, 0.15) is 5.75 Å². The van der Waals surface area contributed by atoms with Gasteiger partial charge in [-0.15, -0.1) is 0 Å². The number of hydrogen-bond donors (Lipinski definition) is 1. The highest BCUT2D eigenvalue weighted by Crippen LogP contribution is 2.15. The molecule has 0 saturated carbocycles. The normalized spacial score (nSPS) is 11.7. The molecule has 0 aliphatic heterocycles. The molecule has 1 aromatic carbocycles. The lowest BCUT2D eigenvalue weighted by Gasteiger charge is -2.24. The molecule has 0 spiro atoms. The van der Waals surface area contributed by atoms with Gasteiger partial charge in [0.15, 0.2) is 0 Å². The van der Waals surface area contributed by atoms with Crippen LogP contribution >= 0.6 is 12.2 Å². The number of rotatable bonds is 6. The topological polar surface area (TPSA) is 55.6 Å². The summed E-state index contributed by atoms with van der Waals surface area (Å²) < 4.78 is 5.51. The van der Waals surface area contributed by atoms with Gasteiger partial charge in [-0.2, -0.15) is 0 Å². The van der Waals surface area contributed by atoms with Crippen LogP contribution in [0.25, 0.3) is 0 Å². The van der Waals surface area contributed by atoms with E-state index in [1.807, 2.05) is 13.0 Å². The third-order valence-electron chi connectivity index (χ3n) is 2.87. The summed E-state index contributed by atoms with van der Waals surface area (Å²) in [4.78, 5) is 14.1. The molecule has 1 unspecified atom stereocenters. The Kier molecular flexibility index (Phi) is 5.76. The van der Waals surface area contributed by atoms with Gasteiger partial charge in [-0.1, -0.05) is 25.2 Å². The second kappa shape index (κ2) is 7.09. The summed E-state index contributed by atoms with van der Waals surface area (Å²) >= 11 is 4.91. The highest BCUT2D eigenvalue weighted by Gasteiger charge is 2.19. The van der Waals surface area contributed by atoms with Crippen molar-refractivity contribution in [2.24, 2.45) is 5.73 Å². The number of thiocarbonyl (C=S) groups is 1. The molecule has 1 amide bonds. The molecule has 1 aromatic rings. The summed E-state index contributed by atoms with van der Waals surface area (Å²) in [5.41, 5.74) is 6.13. The summed E-state index contributed by atoms with van der Waals surface area (Å²) in [6, 6.07) is 6.86. The highest BCUT2D eigenvalue weighted by atomic mass is 32.1. The van der Waals surface area contributed by atoms with Crippen LogP contribution in [-0.2, 0) is 0 Å². The molecule has 0 saturated heterocycles. The van der Waals surface area contributed by atoms with E-state index in [0.29, 0.717) is 22.9 Å². The Hall–Kier alpha value is -1.62. The van der Waals surface area contributed by atoms with E-state index in [0.717, 1.165) is 6.42 Å². The molecular formula is C14H20N2O2S. The predicted octanol–water partition coefficient (Wildman–Crippen LogP) is 2.22. The van der Waals surface area contributed by atoms with E-state index in [9.17, 15) is 4.79 Å². The van der Waals surface area contributed by atoms with Crippen molar-refractivity contribution in [3.05, 3.63) is 29.8 Å². The Bertz CT molecular complexity index is 463. The standard InChI is InChI=1S/C14H20N2O2S/c1-4-8-18-12-7-5-6-11(9-12)14(17)16(3)10(2)13(15)19/h5-7,9-10H,4,8H2,1-3H3,(H2,15,19). The minimum Gasteiger partial charge on any atom is -0.494 e. The quantitative estimate of drug-likeness (QED) is 0.812. The summed E-state index contributed by atoms with van der Waals surface area (Å²) in [5, 5.41) is 0. The zero-order valence-electron chi connectivity index (χ0n) is 11.6. The largest absolute Gasteiger partial charge is 0.494 e. The molecule has 104 valence electrons. The molecule has 0 aliphatic rings. The molecule has 2 N–H and O–H groups in total. The van der Waals surface area contributed by atoms with Crippen molar-refractivity contribution in [3.63, 3.8) is 0 Å². The number of amides is 1. The van der Waals surface area contributed by atoms with E-state index < -0.39 is 0 Å². The maximum absolute atomic E-state index is 12.3. The third kappa shape index (κ3) is 4.21. The molecule has 1 atom stereocenters. The molecule has 0 radical (unpaired) electrons. The summed E-state index contributed by atoms with van der Waals surface area (Å²) in [5.74, 6) is 0.575. The van der Waals surface area contributed by atoms with E-state index >= 15 is 0 Å². The lowest BCUT2D eigenvalue weighted by atomic mass is 10.1. The smallest absolute Gasteiger partial charge is 0.254 e. The number of nitrogens with zero attached hydrogens (tertiary/aromatic N) is 1. The maximum Gasteiger partial charge on any atom is 0.254 e. The predicted molar refractivity (Wildman–Crippen MR) is 80.6 cm³/mol. The molecule has 0 bridgehead atoms. The van der Waals surface area contributed by atoms with E-state index in [4.69, 9.17) is 22.7 Å². The monoisotopic (exact) mass is 280 g/mol. The molecule has 19 heavy (non-hydrogen) atoms. The molecule has 1 rings (SSSR count).